The number of rotatable bonds is 7. The minimum atomic E-state index is -3.53. The average Bonchev–Trinajstić information content (AvgIpc) is 3.49. The number of piperazine rings is 1. The van der Waals surface area contributed by atoms with Gasteiger partial charge >= 0.3 is 0 Å². The number of thiophene rings is 1. The Morgan fingerprint density at radius 3 is 2.58 bits per heavy atom. The van der Waals surface area contributed by atoms with Gasteiger partial charge in [0.25, 0.3) is 11.1 Å². The molecule has 3 aromatic rings. The fourth-order valence-corrected chi connectivity index (χ4v) is 5.47. The lowest BCUT2D eigenvalue weighted by Gasteiger charge is -2.33. The van der Waals surface area contributed by atoms with Crippen LogP contribution in [0.25, 0.3) is 16.8 Å². The molecule has 1 aliphatic heterocycles. The summed E-state index contributed by atoms with van der Waals surface area (Å²) in [5.41, 5.74) is 0.820. The highest BCUT2D eigenvalue weighted by Crippen LogP contribution is 2.26. The lowest BCUT2D eigenvalue weighted by molar-refractivity contribution is -0.129. The largest absolute Gasteiger partial charge is 0.410 e. The van der Waals surface area contributed by atoms with Crippen molar-refractivity contribution in [3.05, 3.63) is 58.8 Å². The van der Waals surface area contributed by atoms with Gasteiger partial charge in [-0.2, -0.15) is 4.31 Å². The van der Waals surface area contributed by atoms with Crippen LogP contribution < -0.4 is 0 Å². The van der Waals surface area contributed by atoms with Gasteiger partial charge < -0.3 is 9.32 Å². The molecule has 1 aliphatic rings. The summed E-state index contributed by atoms with van der Waals surface area (Å²) in [5.74, 6) is 0.511. The van der Waals surface area contributed by atoms with Crippen LogP contribution >= 0.6 is 23.1 Å². The summed E-state index contributed by atoms with van der Waals surface area (Å²) in [6.45, 7) is 1.23. The van der Waals surface area contributed by atoms with Crippen molar-refractivity contribution in [2.24, 2.45) is 0 Å². The molecule has 0 saturated carbocycles. The van der Waals surface area contributed by atoms with Gasteiger partial charge in [0, 0.05) is 31.6 Å². The van der Waals surface area contributed by atoms with Gasteiger partial charge in [0.2, 0.25) is 15.9 Å². The zero-order chi connectivity index (χ0) is 21.7. The number of nitrogens with zero attached hydrogens (tertiary/aromatic N) is 4. The minimum absolute atomic E-state index is 0.0854. The Labute approximate surface area is 188 Å². The molecule has 8 nitrogen and oxygen atoms in total. The molecule has 1 amide bonds. The number of benzene rings is 1. The highest BCUT2D eigenvalue weighted by Gasteiger charge is 2.27. The van der Waals surface area contributed by atoms with Gasteiger partial charge in [0.05, 0.1) is 10.6 Å². The molecule has 1 aromatic carbocycles. The molecule has 162 valence electrons. The molecule has 0 bridgehead atoms. The summed E-state index contributed by atoms with van der Waals surface area (Å²) in [6.07, 6.45) is 1.58. The predicted molar refractivity (Wildman–Crippen MR) is 121 cm³/mol. The topological polar surface area (TPSA) is 96.6 Å². The molecule has 2 aromatic heterocycles. The first kappa shape index (κ1) is 21.8. The van der Waals surface area contributed by atoms with Crippen LogP contribution in [0.2, 0.25) is 0 Å². The fraction of sp³-hybridized carbons (Fsp3) is 0.250. The van der Waals surface area contributed by atoms with E-state index in [0.717, 1.165) is 10.4 Å². The molecular formula is C20H20N4O4S3. The molecule has 0 radical (unpaired) electrons. The number of hydrogen-bond acceptors (Lipinski definition) is 8. The number of hydrogen-bond donors (Lipinski definition) is 0. The van der Waals surface area contributed by atoms with Crippen LogP contribution in [0.1, 0.15) is 5.56 Å². The van der Waals surface area contributed by atoms with E-state index >= 15 is 0 Å². The van der Waals surface area contributed by atoms with Gasteiger partial charge in [-0.15, -0.1) is 21.5 Å². The van der Waals surface area contributed by atoms with E-state index in [0.29, 0.717) is 24.2 Å². The first-order valence-corrected chi connectivity index (χ1v) is 12.9. The van der Waals surface area contributed by atoms with Crippen LogP contribution in [0.4, 0.5) is 0 Å². The quantitative estimate of drug-likeness (QED) is 0.484. The van der Waals surface area contributed by atoms with Crippen LogP contribution in [-0.4, -0.2) is 65.7 Å². The van der Waals surface area contributed by atoms with Crippen molar-refractivity contribution in [2.75, 3.05) is 31.9 Å². The molecule has 0 unspecified atom stereocenters. The fourth-order valence-electron chi connectivity index (χ4n) is 2.99. The summed E-state index contributed by atoms with van der Waals surface area (Å²) < 4.78 is 32.1. The van der Waals surface area contributed by atoms with Crippen LogP contribution in [0.5, 0.6) is 0 Å². The second-order valence-electron chi connectivity index (χ2n) is 6.68. The van der Waals surface area contributed by atoms with E-state index in [4.69, 9.17) is 4.42 Å². The Morgan fingerprint density at radius 2 is 1.87 bits per heavy atom. The molecule has 0 aliphatic carbocycles. The van der Waals surface area contributed by atoms with E-state index < -0.39 is 10.0 Å². The van der Waals surface area contributed by atoms with Gasteiger partial charge in [0.1, 0.15) is 0 Å². The van der Waals surface area contributed by atoms with Crippen molar-refractivity contribution in [1.82, 2.24) is 19.4 Å². The first-order valence-electron chi connectivity index (χ1n) is 9.52. The Kier molecular flexibility index (Phi) is 6.86. The van der Waals surface area contributed by atoms with Crippen molar-refractivity contribution >= 4 is 45.1 Å². The van der Waals surface area contributed by atoms with Crippen LogP contribution in [-0.2, 0) is 14.8 Å². The molecular weight excluding hydrogens is 456 g/mol. The third kappa shape index (κ3) is 5.62. The molecule has 3 heterocycles. The zero-order valence-corrected chi connectivity index (χ0v) is 18.9. The molecule has 1 saturated heterocycles. The van der Waals surface area contributed by atoms with E-state index in [1.165, 1.54) is 32.8 Å². The van der Waals surface area contributed by atoms with E-state index in [9.17, 15) is 13.2 Å². The highest BCUT2D eigenvalue weighted by molar-refractivity contribution is 7.99. The Morgan fingerprint density at radius 1 is 1.10 bits per heavy atom. The van der Waals surface area contributed by atoms with Crippen LogP contribution in [0.15, 0.2) is 62.9 Å². The second-order valence-corrected chi connectivity index (χ2v) is 10.4. The highest BCUT2D eigenvalue weighted by atomic mass is 32.2. The van der Waals surface area contributed by atoms with Crippen LogP contribution in [0, 0.1) is 0 Å². The third-order valence-electron chi connectivity index (χ3n) is 4.64. The maximum atomic E-state index is 12.6. The Bertz CT molecular complexity index is 1140. The SMILES string of the molecule is O=C(CSc1nnc(-c2cccs2)o1)N1CCN(S(=O)(=O)C=Cc2ccccc2)CC1. The number of thioether (sulfide) groups is 1. The summed E-state index contributed by atoms with van der Waals surface area (Å²) in [7, 11) is -3.53. The van der Waals surface area contributed by atoms with Crippen molar-refractivity contribution in [3.63, 3.8) is 0 Å². The molecule has 11 heteroatoms. The maximum Gasteiger partial charge on any atom is 0.277 e. The van der Waals surface area contributed by atoms with Gasteiger partial charge in [-0.05, 0) is 23.1 Å². The molecule has 4 rings (SSSR count). The Balaban J connectivity index is 1.26. The van der Waals surface area contributed by atoms with E-state index in [2.05, 4.69) is 10.2 Å². The standard InChI is InChI=1S/C20H20N4O4S3/c25-18(15-30-20-22-21-19(28-20)17-7-4-13-29-17)23-9-11-24(12-10-23)31(26,27)14-8-16-5-2-1-3-6-16/h1-8,13-14H,9-12,15H2. The third-order valence-corrected chi connectivity index (χ3v) is 7.87. The predicted octanol–water partition coefficient (Wildman–Crippen LogP) is 3.04. The number of sulfonamides is 1. The van der Waals surface area contributed by atoms with E-state index in [1.807, 2.05) is 47.8 Å². The first-order chi connectivity index (χ1) is 15.0. The number of carbonyl (C=O) groups is 1. The number of aromatic nitrogens is 2. The smallest absolute Gasteiger partial charge is 0.277 e. The molecule has 0 N–H and O–H groups in total. The van der Waals surface area contributed by atoms with E-state index in [1.54, 1.807) is 11.0 Å². The summed E-state index contributed by atoms with van der Waals surface area (Å²) in [4.78, 5) is 15.1. The van der Waals surface area contributed by atoms with E-state index in [-0.39, 0.29) is 24.7 Å². The Hall–Kier alpha value is -2.47. The summed E-state index contributed by atoms with van der Waals surface area (Å²) in [6, 6.07) is 13.1. The molecule has 1 fully saturated rings. The van der Waals surface area contributed by atoms with Crippen molar-refractivity contribution in [2.45, 2.75) is 5.22 Å². The maximum absolute atomic E-state index is 12.6. The molecule has 0 spiro atoms. The average molecular weight is 477 g/mol. The van der Waals surface area contributed by atoms with Gasteiger partial charge in [-0.1, -0.05) is 48.2 Å². The van der Waals surface area contributed by atoms with Gasteiger partial charge in [-0.3, -0.25) is 4.79 Å². The van der Waals surface area contributed by atoms with Crippen LogP contribution in [0.3, 0.4) is 0 Å². The normalized spacial score (nSPS) is 15.5. The molecule has 31 heavy (non-hydrogen) atoms. The lowest BCUT2D eigenvalue weighted by Crippen LogP contribution is -2.50. The number of carbonyl (C=O) groups excluding carboxylic acids is 1. The lowest BCUT2D eigenvalue weighted by atomic mass is 10.2. The second kappa shape index (κ2) is 9.77. The van der Waals surface area contributed by atoms with Gasteiger partial charge in [0.15, 0.2) is 0 Å². The monoisotopic (exact) mass is 476 g/mol. The van der Waals surface area contributed by atoms with Gasteiger partial charge in [-0.25, -0.2) is 8.42 Å². The zero-order valence-electron chi connectivity index (χ0n) is 16.5. The van der Waals surface area contributed by atoms with Crippen molar-refractivity contribution < 1.29 is 17.6 Å². The van der Waals surface area contributed by atoms with Crippen molar-refractivity contribution in [1.29, 1.82) is 0 Å². The molecule has 0 atom stereocenters. The minimum Gasteiger partial charge on any atom is -0.410 e. The summed E-state index contributed by atoms with van der Waals surface area (Å²) in [5, 5.41) is 11.4. The number of amides is 1. The van der Waals surface area contributed by atoms with Crippen molar-refractivity contribution in [3.8, 4) is 10.8 Å². The summed E-state index contributed by atoms with van der Waals surface area (Å²) >= 11 is 2.68.